The molecule has 0 unspecified atom stereocenters. The van der Waals surface area contributed by atoms with Gasteiger partial charge in [-0.2, -0.15) is 4.72 Å². The summed E-state index contributed by atoms with van der Waals surface area (Å²) in [5.74, 6) is -1.26. The molecule has 0 spiro atoms. The smallest absolute Gasteiger partial charge is 0.318 e. The van der Waals surface area contributed by atoms with Crippen LogP contribution in [0, 0.1) is 6.92 Å². The highest BCUT2D eigenvalue weighted by molar-refractivity contribution is 7.89. The van der Waals surface area contributed by atoms with Crippen molar-refractivity contribution >= 4 is 27.6 Å². The highest BCUT2D eigenvalue weighted by atomic mass is 35.5. The Labute approximate surface area is 98.1 Å². The SMILES string of the molecule is Cc1ccc(S(=O)(=O)NCC(=O)O)c(Cl)c1. The van der Waals surface area contributed by atoms with Crippen LogP contribution < -0.4 is 4.72 Å². The van der Waals surface area contributed by atoms with Gasteiger partial charge in [0.05, 0.1) is 5.02 Å². The first-order chi connectivity index (χ1) is 7.33. The van der Waals surface area contributed by atoms with Gasteiger partial charge in [0.2, 0.25) is 10.0 Å². The van der Waals surface area contributed by atoms with E-state index in [1.54, 1.807) is 13.0 Å². The zero-order valence-electron chi connectivity index (χ0n) is 8.40. The van der Waals surface area contributed by atoms with Gasteiger partial charge in [-0.05, 0) is 24.6 Å². The molecule has 0 aliphatic heterocycles. The van der Waals surface area contributed by atoms with Crippen LogP contribution in [0.15, 0.2) is 23.1 Å². The van der Waals surface area contributed by atoms with Gasteiger partial charge >= 0.3 is 5.97 Å². The van der Waals surface area contributed by atoms with E-state index < -0.39 is 22.5 Å². The van der Waals surface area contributed by atoms with Crippen LogP contribution in [0.4, 0.5) is 0 Å². The molecule has 1 aromatic rings. The zero-order chi connectivity index (χ0) is 12.3. The molecule has 1 aromatic carbocycles. The second-order valence-corrected chi connectivity index (χ2v) is 5.29. The standard InChI is InChI=1S/C9H10ClNO4S/c1-6-2-3-8(7(10)4-6)16(14,15)11-5-9(12)13/h2-4,11H,5H2,1H3,(H,12,13). The normalized spacial score (nSPS) is 11.4. The molecule has 0 radical (unpaired) electrons. The molecule has 2 N–H and O–H groups in total. The lowest BCUT2D eigenvalue weighted by Crippen LogP contribution is -2.29. The van der Waals surface area contributed by atoms with Crippen molar-refractivity contribution in [2.24, 2.45) is 0 Å². The molecule has 0 atom stereocenters. The van der Waals surface area contributed by atoms with Gasteiger partial charge in [0, 0.05) is 0 Å². The van der Waals surface area contributed by atoms with Crippen LogP contribution in [0.1, 0.15) is 5.56 Å². The monoisotopic (exact) mass is 263 g/mol. The highest BCUT2D eigenvalue weighted by Gasteiger charge is 2.18. The van der Waals surface area contributed by atoms with E-state index in [-0.39, 0.29) is 9.92 Å². The second kappa shape index (κ2) is 4.82. The van der Waals surface area contributed by atoms with Crippen LogP contribution in [0.25, 0.3) is 0 Å². The Kier molecular flexibility index (Phi) is 3.90. The van der Waals surface area contributed by atoms with Crippen molar-refractivity contribution in [2.75, 3.05) is 6.54 Å². The summed E-state index contributed by atoms with van der Waals surface area (Å²) < 4.78 is 25.1. The molecule has 0 fully saturated rings. The average molecular weight is 264 g/mol. The van der Waals surface area contributed by atoms with Crippen LogP contribution in [0.2, 0.25) is 5.02 Å². The fourth-order valence-corrected chi connectivity index (χ4v) is 2.63. The molecule has 0 aromatic heterocycles. The first-order valence-corrected chi connectivity index (χ1v) is 6.16. The third-order valence-corrected chi connectivity index (χ3v) is 3.67. The number of hydrogen-bond acceptors (Lipinski definition) is 3. The molecule has 88 valence electrons. The van der Waals surface area contributed by atoms with Crippen molar-refractivity contribution in [1.29, 1.82) is 0 Å². The van der Waals surface area contributed by atoms with Crippen molar-refractivity contribution in [1.82, 2.24) is 4.72 Å². The molecule has 0 amide bonds. The van der Waals surface area contributed by atoms with Gasteiger partial charge in [-0.25, -0.2) is 8.42 Å². The van der Waals surface area contributed by atoms with Gasteiger partial charge in [0.15, 0.2) is 0 Å². The maximum absolute atomic E-state index is 11.6. The first kappa shape index (κ1) is 13.0. The van der Waals surface area contributed by atoms with Gasteiger partial charge in [0.25, 0.3) is 0 Å². The Balaban J connectivity index is 3.03. The number of hydrogen-bond donors (Lipinski definition) is 2. The van der Waals surface area contributed by atoms with Crippen LogP contribution in [-0.2, 0) is 14.8 Å². The summed E-state index contributed by atoms with van der Waals surface area (Å²) in [6, 6.07) is 4.42. The number of aryl methyl sites for hydroxylation is 1. The topological polar surface area (TPSA) is 83.5 Å². The Hall–Kier alpha value is -1.11. The maximum Gasteiger partial charge on any atom is 0.318 e. The largest absolute Gasteiger partial charge is 0.480 e. The number of carboxylic acids is 1. The van der Waals surface area contributed by atoms with Crippen LogP contribution >= 0.6 is 11.6 Å². The number of carboxylic acid groups (broad SMARTS) is 1. The van der Waals surface area contributed by atoms with Gasteiger partial charge in [-0.15, -0.1) is 0 Å². The Morgan fingerprint density at radius 3 is 2.62 bits per heavy atom. The Bertz CT molecular complexity index is 512. The predicted octanol–water partition coefficient (Wildman–Crippen LogP) is 1.01. The van der Waals surface area contributed by atoms with Gasteiger partial charge in [0.1, 0.15) is 11.4 Å². The lowest BCUT2D eigenvalue weighted by molar-refractivity contribution is -0.135. The summed E-state index contributed by atoms with van der Waals surface area (Å²) in [6.07, 6.45) is 0. The van der Waals surface area contributed by atoms with E-state index in [1.807, 2.05) is 4.72 Å². The van der Waals surface area contributed by atoms with Crippen molar-refractivity contribution in [3.8, 4) is 0 Å². The fraction of sp³-hybridized carbons (Fsp3) is 0.222. The number of nitrogens with one attached hydrogen (secondary N) is 1. The first-order valence-electron chi connectivity index (χ1n) is 4.30. The minimum absolute atomic E-state index is 0.0675. The van der Waals surface area contributed by atoms with E-state index in [0.29, 0.717) is 0 Å². The van der Waals surface area contributed by atoms with Gasteiger partial charge < -0.3 is 5.11 Å². The van der Waals surface area contributed by atoms with Crippen LogP contribution in [0.5, 0.6) is 0 Å². The zero-order valence-corrected chi connectivity index (χ0v) is 9.97. The maximum atomic E-state index is 11.6. The molecule has 0 heterocycles. The molecule has 16 heavy (non-hydrogen) atoms. The lowest BCUT2D eigenvalue weighted by Gasteiger charge is -2.06. The summed E-state index contributed by atoms with van der Waals surface area (Å²) in [6.45, 7) is 1.10. The fourth-order valence-electron chi connectivity index (χ4n) is 1.06. The predicted molar refractivity (Wildman–Crippen MR) is 59.0 cm³/mol. The minimum Gasteiger partial charge on any atom is -0.480 e. The molecule has 1 rings (SSSR count). The lowest BCUT2D eigenvalue weighted by atomic mass is 10.2. The van der Waals surface area contributed by atoms with E-state index in [0.717, 1.165) is 5.56 Å². The molecular formula is C9H10ClNO4S. The summed E-state index contributed by atoms with van der Waals surface area (Å²) in [4.78, 5) is 10.1. The molecule has 0 aliphatic rings. The van der Waals surface area contributed by atoms with E-state index in [4.69, 9.17) is 16.7 Å². The second-order valence-electron chi connectivity index (χ2n) is 3.15. The summed E-state index contributed by atoms with van der Waals surface area (Å²) in [5.41, 5.74) is 0.821. The Morgan fingerprint density at radius 2 is 2.12 bits per heavy atom. The van der Waals surface area contributed by atoms with Crippen molar-refractivity contribution in [3.05, 3.63) is 28.8 Å². The molecule has 0 saturated heterocycles. The minimum atomic E-state index is -3.87. The summed E-state index contributed by atoms with van der Waals surface area (Å²) in [7, 11) is -3.87. The number of sulfonamides is 1. The van der Waals surface area contributed by atoms with E-state index in [2.05, 4.69) is 0 Å². The van der Waals surface area contributed by atoms with Crippen LogP contribution in [0.3, 0.4) is 0 Å². The number of halogens is 1. The van der Waals surface area contributed by atoms with E-state index in [1.165, 1.54) is 12.1 Å². The molecule has 0 saturated carbocycles. The molecule has 5 nitrogen and oxygen atoms in total. The molecular weight excluding hydrogens is 254 g/mol. The number of rotatable bonds is 4. The number of aliphatic carboxylic acids is 1. The van der Waals surface area contributed by atoms with Crippen molar-refractivity contribution in [2.45, 2.75) is 11.8 Å². The third-order valence-electron chi connectivity index (χ3n) is 1.79. The van der Waals surface area contributed by atoms with E-state index in [9.17, 15) is 13.2 Å². The molecule has 0 bridgehead atoms. The average Bonchev–Trinajstić information content (AvgIpc) is 2.14. The third kappa shape index (κ3) is 3.19. The molecule has 0 aliphatic carbocycles. The number of carbonyl (C=O) groups is 1. The summed E-state index contributed by atoms with van der Waals surface area (Å²) in [5, 5.41) is 8.44. The van der Waals surface area contributed by atoms with Gasteiger partial charge in [-0.3, -0.25) is 4.79 Å². The Morgan fingerprint density at radius 1 is 1.50 bits per heavy atom. The van der Waals surface area contributed by atoms with Crippen LogP contribution in [-0.4, -0.2) is 26.0 Å². The number of benzene rings is 1. The van der Waals surface area contributed by atoms with E-state index >= 15 is 0 Å². The van der Waals surface area contributed by atoms with Crippen molar-refractivity contribution in [3.63, 3.8) is 0 Å². The highest BCUT2D eigenvalue weighted by Crippen LogP contribution is 2.21. The molecule has 7 heteroatoms. The summed E-state index contributed by atoms with van der Waals surface area (Å²) >= 11 is 5.76. The quantitative estimate of drug-likeness (QED) is 0.849. The van der Waals surface area contributed by atoms with Crippen molar-refractivity contribution < 1.29 is 18.3 Å². The van der Waals surface area contributed by atoms with Gasteiger partial charge in [-0.1, -0.05) is 17.7 Å².